The van der Waals surface area contributed by atoms with Crippen LogP contribution < -0.4 is 10.2 Å². The maximum absolute atomic E-state index is 12.3. The van der Waals surface area contributed by atoms with E-state index in [1.165, 1.54) is 23.0 Å². The Kier molecular flexibility index (Phi) is 5.42. The van der Waals surface area contributed by atoms with Crippen molar-refractivity contribution in [1.29, 1.82) is 0 Å². The van der Waals surface area contributed by atoms with Gasteiger partial charge in [-0.15, -0.1) is 12.4 Å². The van der Waals surface area contributed by atoms with Gasteiger partial charge in [0.15, 0.2) is 11.0 Å². The van der Waals surface area contributed by atoms with Crippen LogP contribution >= 0.6 is 24.2 Å². The standard InChI is InChI=1S/C17H21N3OS.ClH/c1-17(2)13-6-4-5-7-14(13)20(3)15(17)10-12(21)11-22-16-18-8-9-19-16;/h4-7,10H,8-9,11H2,1-3H3,(H,18,19);1H/b15-10-;. The molecule has 0 aromatic heterocycles. The molecule has 0 saturated carbocycles. The van der Waals surface area contributed by atoms with E-state index in [1.807, 2.05) is 13.1 Å². The lowest BCUT2D eigenvalue weighted by molar-refractivity contribution is -0.112. The Balaban J connectivity index is 0.00000192. The summed E-state index contributed by atoms with van der Waals surface area (Å²) in [4.78, 5) is 18.8. The van der Waals surface area contributed by atoms with Gasteiger partial charge in [-0.2, -0.15) is 0 Å². The largest absolute Gasteiger partial charge is 0.363 e. The molecule has 23 heavy (non-hydrogen) atoms. The Bertz CT molecular complexity index is 670. The molecule has 124 valence electrons. The maximum atomic E-state index is 12.3. The first-order chi connectivity index (χ1) is 10.5. The van der Waals surface area contributed by atoms with Crippen molar-refractivity contribution in [2.24, 2.45) is 4.99 Å². The second-order valence-electron chi connectivity index (χ2n) is 6.10. The molecule has 1 N–H and O–H groups in total. The number of hydrogen-bond acceptors (Lipinski definition) is 5. The van der Waals surface area contributed by atoms with Crippen molar-refractivity contribution in [3.63, 3.8) is 0 Å². The van der Waals surface area contributed by atoms with Gasteiger partial charge >= 0.3 is 0 Å². The maximum Gasteiger partial charge on any atom is 0.167 e. The van der Waals surface area contributed by atoms with E-state index in [2.05, 4.69) is 47.3 Å². The van der Waals surface area contributed by atoms with E-state index in [0.29, 0.717) is 5.75 Å². The van der Waals surface area contributed by atoms with E-state index in [9.17, 15) is 4.79 Å². The van der Waals surface area contributed by atoms with Crippen LogP contribution in [-0.2, 0) is 10.2 Å². The number of fused-ring (bicyclic) bond motifs is 1. The van der Waals surface area contributed by atoms with Gasteiger partial charge in [-0.3, -0.25) is 9.79 Å². The first-order valence-corrected chi connectivity index (χ1v) is 8.48. The third-order valence-corrected chi connectivity index (χ3v) is 5.21. The number of rotatable bonds is 3. The summed E-state index contributed by atoms with van der Waals surface area (Å²) >= 11 is 1.49. The van der Waals surface area contributed by atoms with Crippen LogP contribution in [0.1, 0.15) is 19.4 Å². The number of allylic oxidation sites excluding steroid dienone is 2. The summed E-state index contributed by atoms with van der Waals surface area (Å²) in [5, 5.41) is 4.06. The van der Waals surface area contributed by atoms with E-state index >= 15 is 0 Å². The van der Waals surface area contributed by atoms with E-state index in [1.54, 1.807) is 6.08 Å². The molecule has 3 rings (SSSR count). The quantitative estimate of drug-likeness (QED) is 0.850. The molecule has 2 heterocycles. The average Bonchev–Trinajstić information content (AvgIpc) is 3.08. The van der Waals surface area contributed by atoms with Crippen LogP contribution in [0.25, 0.3) is 0 Å². The van der Waals surface area contributed by atoms with Crippen molar-refractivity contribution in [2.75, 3.05) is 30.8 Å². The number of halogens is 1. The summed E-state index contributed by atoms with van der Waals surface area (Å²) in [6, 6.07) is 8.34. The summed E-state index contributed by atoms with van der Waals surface area (Å²) < 4.78 is 0. The first kappa shape index (κ1) is 17.9. The van der Waals surface area contributed by atoms with Gasteiger partial charge in [0, 0.05) is 36.5 Å². The lowest BCUT2D eigenvalue weighted by Gasteiger charge is -2.23. The van der Waals surface area contributed by atoms with Crippen LogP contribution in [0.15, 0.2) is 41.0 Å². The summed E-state index contributed by atoms with van der Waals surface area (Å²) in [6.45, 7) is 6.03. The zero-order valence-corrected chi connectivity index (χ0v) is 15.3. The van der Waals surface area contributed by atoms with E-state index < -0.39 is 0 Å². The molecule has 0 aliphatic carbocycles. The second kappa shape index (κ2) is 6.97. The summed E-state index contributed by atoms with van der Waals surface area (Å²) in [6.07, 6.45) is 1.79. The molecule has 1 aromatic carbocycles. The molecular weight excluding hydrogens is 330 g/mol. The average molecular weight is 352 g/mol. The summed E-state index contributed by atoms with van der Waals surface area (Å²) in [5.74, 6) is 0.555. The summed E-state index contributed by atoms with van der Waals surface area (Å²) in [5.41, 5.74) is 3.36. The number of likely N-dealkylation sites (N-methyl/N-ethyl adjacent to an activating group) is 1. The van der Waals surface area contributed by atoms with Gasteiger partial charge in [0.25, 0.3) is 0 Å². The van der Waals surface area contributed by atoms with Crippen LogP contribution in [0, 0.1) is 0 Å². The second-order valence-corrected chi connectivity index (χ2v) is 7.06. The fourth-order valence-electron chi connectivity index (χ4n) is 3.07. The predicted octanol–water partition coefficient (Wildman–Crippen LogP) is 2.98. The monoisotopic (exact) mass is 351 g/mol. The molecule has 0 saturated heterocycles. The molecule has 2 aliphatic rings. The third-order valence-electron chi connectivity index (χ3n) is 4.23. The minimum Gasteiger partial charge on any atom is -0.363 e. The van der Waals surface area contributed by atoms with Gasteiger partial charge in [0.1, 0.15) is 0 Å². The van der Waals surface area contributed by atoms with Crippen LogP contribution in [0.5, 0.6) is 0 Å². The molecule has 4 nitrogen and oxygen atoms in total. The zero-order chi connectivity index (χ0) is 15.7. The van der Waals surface area contributed by atoms with E-state index in [0.717, 1.165) is 24.0 Å². The minimum absolute atomic E-state index is 0. The lowest BCUT2D eigenvalue weighted by atomic mass is 9.83. The van der Waals surface area contributed by atoms with Crippen molar-refractivity contribution in [3.05, 3.63) is 41.6 Å². The van der Waals surface area contributed by atoms with E-state index in [-0.39, 0.29) is 23.6 Å². The molecule has 1 aromatic rings. The molecule has 0 amide bonds. The molecule has 0 spiro atoms. The fourth-order valence-corrected chi connectivity index (χ4v) is 3.81. The fraction of sp³-hybridized carbons (Fsp3) is 0.412. The van der Waals surface area contributed by atoms with Gasteiger partial charge in [-0.05, 0) is 11.6 Å². The van der Waals surface area contributed by atoms with Crippen molar-refractivity contribution in [2.45, 2.75) is 19.3 Å². The number of benzene rings is 1. The highest BCUT2D eigenvalue weighted by molar-refractivity contribution is 8.14. The number of carbonyl (C=O) groups is 1. The Labute approximate surface area is 147 Å². The number of amidine groups is 1. The number of anilines is 1. The normalized spacial score (nSPS) is 19.9. The highest BCUT2D eigenvalue weighted by Crippen LogP contribution is 2.46. The number of ketones is 1. The van der Waals surface area contributed by atoms with Gasteiger partial charge in [0.05, 0.1) is 12.3 Å². The number of hydrogen-bond donors (Lipinski definition) is 1. The Morgan fingerprint density at radius 1 is 1.43 bits per heavy atom. The van der Waals surface area contributed by atoms with Gasteiger partial charge < -0.3 is 10.2 Å². The third kappa shape index (κ3) is 3.40. The number of nitrogens with zero attached hydrogens (tertiary/aromatic N) is 2. The molecule has 0 radical (unpaired) electrons. The Morgan fingerprint density at radius 3 is 2.83 bits per heavy atom. The zero-order valence-electron chi connectivity index (χ0n) is 13.6. The molecule has 6 heteroatoms. The highest BCUT2D eigenvalue weighted by atomic mass is 35.5. The van der Waals surface area contributed by atoms with Crippen LogP contribution in [0.2, 0.25) is 0 Å². The van der Waals surface area contributed by atoms with Crippen molar-refractivity contribution >= 4 is 40.8 Å². The first-order valence-electron chi connectivity index (χ1n) is 7.49. The number of nitrogens with one attached hydrogen (secondary N) is 1. The van der Waals surface area contributed by atoms with Crippen LogP contribution in [-0.4, -0.2) is 36.8 Å². The highest BCUT2D eigenvalue weighted by Gasteiger charge is 2.38. The molecule has 0 unspecified atom stereocenters. The number of para-hydroxylation sites is 1. The predicted molar refractivity (Wildman–Crippen MR) is 101 cm³/mol. The Morgan fingerprint density at radius 2 is 2.17 bits per heavy atom. The number of carbonyl (C=O) groups excluding carboxylic acids is 1. The summed E-state index contributed by atoms with van der Waals surface area (Å²) in [7, 11) is 2.03. The van der Waals surface area contributed by atoms with Gasteiger partial charge in [-0.1, -0.05) is 43.8 Å². The topological polar surface area (TPSA) is 44.7 Å². The molecular formula is C17H22ClN3OS. The molecule has 0 fully saturated rings. The lowest BCUT2D eigenvalue weighted by Crippen LogP contribution is -2.24. The van der Waals surface area contributed by atoms with Crippen LogP contribution in [0.4, 0.5) is 5.69 Å². The van der Waals surface area contributed by atoms with Crippen molar-refractivity contribution < 1.29 is 4.79 Å². The van der Waals surface area contributed by atoms with Gasteiger partial charge in [-0.25, -0.2) is 0 Å². The van der Waals surface area contributed by atoms with Crippen molar-refractivity contribution in [1.82, 2.24) is 5.32 Å². The van der Waals surface area contributed by atoms with Crippen LogP contribution in [0.3, 0.4) is 0 Å². The molecule has 2 aliphatic heterocycles. The van der Waals surface area contributed by atoms with Crippen molar-refractivity contribution in [3.8, 4) is 0 Å². The van der Waals surface area contributed by atoms with Gasteiger partial charge in [0.2, 0.25) is 0 Å². The Hall–Kier alpha value is -1.46. The SMILES string of the molecule is CN1/C(=C\C(=O)CSC2=NCCN2)C(C)(C)c2ccccc21.Cl. The minimum atomic E-state index is -0.144. The number of thioether (sulfide) groups is 1. The smallest absolute Gasteiger partial charge is 0.167 e. The molecule has 0 atom stereocenters. The van der Waals surface area contributed by atoms with E-state index in [4.69, 9.17) is 0 Å². The molecule has 0 bridgehead atoms. The number of aliphatic imine (C=N–C) groups is 1.